The molecule has 0 aliphatic rings. The molecule has 0 aliphatic heterocycles. The Labute approximate surface area is 90.0 Å². The molecule has 0 amide bonds. The minimum Gasteiger partial charge on any atom is -0.258 e. The van der Waals surface area contributed by atoms with Gasteiger partial charge < -0.3 is 0 Å². The van der Waals surface area contributed by atoms with Crippen molar-refractivity contribution in [3.8, 4) is 0 Å². The van der Waals surface area contributed by atoms with Crippen LogP contribution in [-0.4, -0.2) is 13.3 Å². The highest BCUT2D eigenvalue weighted by Crippen LogP contribution is 2.18. The zero-order valence-corrected chi connectivity index (χ0v) is 8.61. The molecule has 0 bridgehead atoms. The van der Waals surface area contributed by atoms with Gasteiger partial charge in [-0.1, -0.05) is 0 Å². The molecule has 0 aromatic heterocycles. The van der Waals surface area contributed by atoms with E-state index in [1.807, 2.05) is 0 Å². The lowest BCUT2D eigenvalue weighted by Gasteiger charge is -2.01. The summed E-state index contributed by atoms with van der Waals surface area (Å²) in [5.41, 5.74) is -0.573. The summed E-state index contributed by atoms with van der Waals surface area (Å²) in [4.78, 5) is 9.38. The maximum atomic E-state index is 13.0. The van der Waals surface area contributed by atoms with Crippen LogP contribution in [0.5, 0.6) is 0 Å². The van der Waals surface area contributed by atoms with Gasteiger partial charge in [-0.25, -0.2) is 5.14 Å². The summed E-state index contributed by atoms with van der Waals surface area (Å²) in [6, 6.07) is 2.90. The fraction of sp³-hybridized carbons (Fsp3) is 0.143. The zero-order valence-electron chi connectivity index (χ0n) is 7.79. The van der Waals surface area contributed by atoms with E-state index in [4.69, 9.17) is 0 Å². The normalized spacial score (nSPS) is 11.4. The monoisotopic (exact) mass is 250 g/mol. The van der Waals surface area contributed by atoms with Gasteiger partial charge in [-0.05, 0) is 17.7 Å². The number of rotatable bonds is 4. The highest BCUT2D eigenvalue weighted by Gasteiger charge is 2.14. The van der Waals surface area contributed by atoms with Crippen LogP contribution in [0.3, 0.4) is 0 Å². The van der Waals surface area contributed by atoms with Gasteiger partial charge in [-0.2, -0.15) is 12.8 Å². The largest absolute Gasteiger partial charge is 0.333 e. The molecule has 1 rings (SSSR count). The van der Waals surface area contributed by atoms with E-state index in [2.05, 4.69) is 9.32 Å². The van der Waals surface area contributed by atoms with E-state index in [9.17, 15) is 22.9 Å². The van der Waals surface area contributed by atoms with Crippen molar-refractivity contribution in [2.45, 2.75) is 6.61 Å². The molecule has 2 N–H and O–H groups in total. The highest BCUT2D eigenvalue weighted by molar-refractivity contribution is 7.84. The number of nitrogens with zero attached hydrogens (tertiary/aromatic N) is 1. The van der Waals surface area contributed by atoms with Gasteiger partial charge >= 0.3 is 16.0 Å². The van der Waals surface area contributed by atoms with Crippen molar-refractivity contribution < 1.29 is 21.9 Å². The fourth-order valence-corrected chi connectivity index (χ4v) is 1.24. The molecule has 1 aromatic rings. The standard InChI is InChI=1S/C7H7FN2O5S/c8-6-3-5(4-15-16(9,13)14)1-2-7(6)10(11)12/h1-3H,4H2,(H2,9,13,14). The van der Waals surface area contributed by atoms with E-state index in [1.54, 1.807) is 0 Å². The molecule has 0 unspecified atom stereocenters. The molecule has 0 fully saturated rings. The molecular weight excluding hydrogens is 243 g/mol. The van der Waals surface area contributed by atoms with E-state index in [0.29, 0.717) is 0 Å². The third-order valence-corrected chi connectivity index (χ3v) is 2.05. The van der Waals surface area contributed by atoms with Crippen molar-refractivity contribution in [2.75, 3.05) is 0 Å². The van der Waals surface area contributed by atoms with Gasteiger partial charge in [0.25, 0.3) is 0 Å². The first-order chi connectivity index (χ1) is 7.29. The molecule has 0 heterocycles. The summed E-state index contributed by atoms with van der Waals surface area (Å²) in [5, 5.41) is 14.8. The topological polar surface area (TPSA) is 113 Å². The lowest BCUT2D eigenvalue weighted by Crippen LogP contribution is -2.15. The molecule has 9 heteroatoms. The van der Waals surface area contributed by atoms with Crippen molar-refractivity contribution in [1.29, 1.82) is 0 Å². The van der Waals surface area contributed by atoms with Crippen LogP contribution >= 0.6 is 0 Å². The Hall–Kier alpha value is -1.58. The van der Waals surface area contributed by atoms with Gasteiger partial charge in [0.15, 0.2) is 0 Å². The maximum Gasteiger partial charge on any atom is 0.333 e. The highest BCUT2D eigenvalue weighted by atomic mass is 32.2. The lowest BCUT2D eigenvalue weighted by atomic mass is 10.2. The quantitative estimate of drug-likeness (QED) is 0.615. The van der Waals surface area contributed by atoms with Crippen LogP contribution in [0.4, 0.5) is 10.1 Å². The van der Waals surface area contributed by atoms with E-state index in [-0.39, 0.29) is 5.56 Å². The number of nitro groups is 1. The van der Waals surface area contributed by atoms with Crippen molar-refractivity contribution in [3.05, 3.63) is 39.7 Å². The second-order valence-corrected chi connectivity index (χ2v) is 4.02. The van der Waals surface area contributed by atoms with Crippen LogP contribution < -0.4 is 5.14 Å². The molecule has 0 spiro atoms. The summed E-state index contributed by atoms with van der Waals surface area (Å²) in [6.45, 7) is -0.478. The summed E-state index contributed by atoms with van der Waals surface area (Å²) < 4.78 is 38.1. The summed E-state index contributed by atoms with van der Waals surface area (Å²) >= 11 is 0. The number of nitro benzene ring substituents is 1. The van der Waals surface area contributed by atoms with Crippen molar-refractivity contribution in [1.82, 2.24) is 0 Å². The second kappa shape index (κ2) is 4.51. The average Bonchev–Trinajstić information content (AvgIpc) is 2.13. The number of hydrogen-bond acceptors (Lipinski definition) is 5. The van der Waals surface area contributed by atoms with E-state index in [0.717, 1.165) is 12.1 Å². The van der Waals surface area contributed by atoms with Crippen LogP contribution in [0.25, 0.3) is 0 Å². The lowest BCUT2D eigenvalue weighted by molar-refractivity contribution is -0.387. The third-order valence-electron chi connectivity index (χ3n) is 1.60. The van der Waals surface area contributed by atoms with Crippen LogP contribution in [-0.2, 0) is 21.1 Å². The van der Waals surface area contributed by atoms with E-state index >= 15 is 0 Å². The molecule has 7 nitrogen and oxygen atoms in total. The molecule has 0 saturated carbocycles. The fourth-order valence-electron chi connectivity index (χ4n) is 0.938. The van der Waals surface area contributed by atoms with Crippen molar-refractivity contribution in [3.63, 3.8) is 0 Å². The molecule has 0 aliphatic carbocycles. The van der Waals surface area contributed by atoms with Crippen molar-refractivity contribution in [2.24, 2.45) is 5.14 Å². The van der Waals surface area contributed by atoms with Crippen molar-refractivity contribution >= 4 is 16.0 Å². The molecule has 0 atom stereocenters. The summed E-state index contributed by atoms with van der Waals surface area (Å²) in [7, 11) is -4.12. The zero-order chi connectivity index (χ0) is 12.3. The molecule has 0 saturated heterocycles. The summed E-state index contributed by atoms with van der Waals surface area (Å²) in [5.74, 6) is -1.07. The van der Waals surface area contributed by atoms with Crippen LogP contribution in [0.1, 0.15) is 5.56 Å². The van der Waals surface area contributed by atoms with Gasteiger partial charge in [-0.3, -0.25) is 14.3 Å². The maximum absolute atomic E-state index is 13.0. The number of nitrogens with two attached hydrogens (primary N) is 1. The van der Waals surface area contributed by atoms with Gasteiger partial charge in [0, 0.05) is 6.07 Å². The first-order valence-electron chi connectivity index (χ1n) is 3.89. The number of benzene rings is 1. The predicted molar refractivity (Wildman–Crippen MR) is 51.0 cm³/mol. The van der Waals surface area contributed by atoms with Gasteiger partial charge in [-0.15, -0.1) is 0 Å². The Morgan fingerprint density at radius 2 is 2.12 bits per heavy atom. The number of hydrogen-bond donors (Lipinski definition) is 1. The molecular formula is C7H7FN2O5S. The first kappa shape index (κ1) is 12.5. The minimum absolute atomic E-state index is 0.122. The molecule has 1 aromatic carbocycles. The Bertz CT molecular complexity index is 516. The Balaban J connectivity index is 2.86. The van der Waals surface area contributed by atoms with E-state index in [1.165, 1.54) is 6.07 Å². The Morgan fingerprint density at radius 1 is 1.50 bits per heavy atom. The van der Waals surface area contributed by atoms with Gasteiger partial charge in [0.1, 0.15) is 0 Å². The van der Waals surface area contributed by atoms with Crippen LogP contribution in [0, 0.1) is 15.9 Å². The Morgan fingerprint density at radius 3 is 2.56 bits per heavy atom. The average molecular weight is 250 g/mol. The van der Waals surface area contributed by atoms with Gasteiger partial charge in [0.05, 0.1) is 11.5 Å². The van der Waals surface area contributed by atoms with Crippen LogP contribution in [0.2, 0.25) is 0 Å². The SMILES string of the molecule is NS(=O)(=O)OCc1ccc([N+](=O)[O-])c(F)c1. The Kier molecular flexibility index (Phi) is 3.52. The molecule has 0 radical (unpaired) electrons. The second-order valence-electron chi connectivity index (χ2n) is 2.80. The smallest absolute Gasteiger partial charge is 0.258 e. The van der Waals surface area contributed by atoms with Crippen LogP contribution in [0.15, 0.2) is 18.2 Å². The molecule has 16 heavy (non-hydrogen) atoms. The predicted octanol–water partition coefficient (Wildman–Crippen LogP) is 0.454. The van der Waals surface area contributed by atoms with Gasteiger partial charge in [0.2, 0.25) is 5.82 Å². The summed E-state index contributed by atoms with van der Waals surface area (Å²) in [6.07, 6.45) is 0. The third kappa shape index (κ3) is 3.53. The van der Waals surface area contributed by atoms with E-state index < -0.39 is 33.3 Å². The first-order valence-corrected chi connectivity index (χ1v) is 5.37. The minimum atomic E-state index is -4.12. The molecule has 88 valence electrons. The number of halogens is 1.